The molecule has 31 heavy (non-hydrogen) atoms. The van der Waals surface area contributed by atoms with Gasteiger partial charge in [-0.1, -0.05) is 17.7 Å². The molecule has 158 valence electrons. The number of nitrogen functional groups attached to an aromatic ring is 1. The zero-order chi connectivity index (χ0) is 21.4. The number of halogens is 1. The minimum absolute atomic E-state index is 0.352. The molecule has 0 atom stereocenters. The van der Waals surface area contributed by atoms with Crippen LogP contribution in [0.5, 0.6) is 0 Å². The number of piperidine rings is 1. The van der Waals surface area contributed by atoms with Crippen LogP contribution >= 0.6 is 11.6 Å². The van der Waals surface area contributed by atoms with Crippen molar-refractivity contribution < 1.29 is 0 Å². The number of pyridine rings is 1. The highest BCUT2D eigenvalue weighted by atomic mass is 35.5. The van der Waals surface area contributed by atoms with Crippen LogP contribution in [0.3, 0.4) is 0 Å². The summed E-state index contributed by atoms with van der Waals surface area (Å²) in [5.74, 6) is 0.855. The van der Waals surface area contributed by atoms with Gasteiger partial charge in [0.25, 0.3) is 0 Å². The second kappa shape index (κ2) is 8.09. The van der Waals surface area contributed by atoms with Gasteiger partial charge in [-0.3, -0.25) is 4.68 Å². The zero-order valence-electron chi connectivity index (χ0n) is 17.0. The number of aromatic nitrogens is 7. The maximum absolute atomic E-state index is 6.30. The van der Waals surface area contributed by atoms with Gasteiger partial charge in [-0.2, -0.15) is 9.78 Å². The van der Waals surface area contributed by atoms with E-state index in [1.807, 2.05) is 42.1 Å². The Hall–Kier alpha value is -3.30. The lowest BCUT2D eigenvalue weighted by Gasteiger charge is -2.22. The number of hydrogen-bond acceptors (Lipinski definition) is 7. The Kier molecular flexibility index (Phi) is 5.13. The predicted octanol–water partition coefficient (Wildman–Crippen LogP) is 3.06. The molecule has 0 spiro atoms. The molecule has 0 aliphatic carbocycles. The third-order valence-corrected chi connectivity index (χ3v) is 6.12. The van der Waals surface area contributed by atoms with E-state index >= 15 is 0 Å². The predicted molar refractivity (Wildman–Crippen MR) is 119 cm³/mol. The van der Waals surface area contributed by atoms with Crippen molar-refractivity contribution in [2.45, 2.75) is 25.8 Å². The molecule has 4 aromatic rings. The number of tetrazole rings is 1. The summed E-state index contributed by atoms with van der Waals surface area (Å²) >= 11 is 6.30. The molecule has 0 amide bonds. The van der Waals surface area contributed by atoms with Gasteiger partial charge in [0.1, 0.15) is 5.82 Å². The maximum Gasteiger partial charge on any atom is 0.190 e. The molecule has 3 aromatic heterocycles. The highest BCUT2D eigenvalue weighted by Gasteiger charge is 2.19. The van der Waals surface area contributed by atoms with E-state index in [2.05, 4.69) is 37.1 Å². The molecule has 1 aromatic carbocycles. The molecule has 5 rings (SSSR count). The molecule has 4 heterocycles. The molecule has 0 radical (unpaired) electrons. The third-order valence-electron chi connectivity index (χ3n) is 5.71. The Morgan fingerprint density at radius 1 is 1.16 bits per heavy atom. The smallest absolute Gasteiger partial charge is 0.190 e. The van der Waals surface area contributed by atoms with Gasteiger partial charge in [0.2, 0.25) is 0 Å². The summed E-state index contributed by atoms with van der Waals surface area (Å²) in [6, 6.07) is 7.98. The van der Waals surface area contributed by atoms with Gasteiger partial charge in [0.15, 0.2) is 5.82 Å². The SMILES string of the molecule is Cc1c(Cl)cccc1-n1nnnc1-c1cc(-c2cnn(C3CCNCC3)c2)cnc1N. The molecule has 1 aliphatic heterocycles. The zero-order valence-corrected chi connectivity index (χ0v) is 17.8. The minimum Gasteiger partial charge on any atom is -0.383 e. The van der Waals surface area contributed by atoms with Crippen LogP contribution in [0.1, 0.15) is 24.4 Å². The molecule has 0 saturated carbocycles. The summed E-state index contributed by atoms with van der Waals surface area (Å²) < 4.78 is 3.68. The second-order valence-electron chi connectivity index (χ2n) is 7.65. The van der Waals surface area contributed by atoms with Crippen LogP contribution in [-0.2, 0) is 0 Å². The Bertz CT molecular complexity index is 1220. The van der Waals surface area contributed by atoms with Gasteiger partial charge in [0.05, 0.1) is 23.5 Å². The van der Waals surface area contributed by atoms with E-state index in [1.165, 1.54) is 0 Å². The number of hydrogen-bond donors (Lipinski definition) is 2. The van der Waals surface area contributed by atoms with E-state index in [1.54, 1.807) is 10.9 Å². The largest absolute Gasteiger partial charge is 0.383 e. The molecular formula is C21H22ClN9. The quantitative estimate of drug-likeness (QED) is 0.506. The van der Waals surface area contributed by atoms with E-state index < -0.39 is 0 Å². The highest BCUT2D eigenvalue weighted by Crippen LogP contribution is 2.31. The number of nitrogens with one attached hydrogen (secondary N) is 1. The topological polar surface area (TPSA) is 112 Å². The van der Waals surface area contributed by atoms with Crippen LogP contribution in [0, 0.1) is 6.92 Å². The van der Waals surface area contributed by atoms with Gasteiger partial charge in [-0.05, 0) is 67.0 Å². The van der Waals surface area contributed by atoms with Gasteiger partial charge in [-0.15, -0.1) is 5.10 Å². The number of rotatable bonds is 4. The molecule has 3 N–H and O–H groups in total. The van der Waals surface area contributed by atoms with Crippen molar-refractivity contribution in [2.24, 2.45) is 0 Å². The minimum atomic E-state index is 0.352. The van der Waals surface area contributed by atoms with Gasteiger partial charge in [0, 0.05) is 28.5 Å². The highest BCUT2D eigenvalue weighted by molar-refractivity contribution is 6.31. The van der Waals surface area contributed by atoms with Crippen molar-refractivity contribution >= 4 is 17.4 Å². The van der Waals surface area contributed by atoms with Crippen LogP contribution < -0.4 is 11.1 Å². The molecule has 0 bridgehead atoms. The Morgan fingerprint density at radius 2 is 2.00 bits per heavy atom. The van der Waals surface area contributed by atoms with Crippen molar-refractivity contribution in [3.8, 4) is 28.2 Å². The molecule has 0 unspecified atom stereocenters. The lowest BCUT2D eigenvalue weighted by Crippen LogP contribution is -2.29. The second-order valence-corrected chi connectivity index (χ2v) is 8.05. The summed E-state index contributed by atoms with van der Waals surface area (Å²) in [4.78, 5) is 4.40. The molecule has 10 heteroatoms. The van der Waals surface area contributed by atoms with Crippen LogP contribution in [0.4, 0.5) is 5.82 Å². The molecular weight excluding hydrogens is 414 g/mol. The summed E-state index contributed by atoms with van der Waals surface area (Å²) in [6.45, 7) is 3.95. The first-order valence-corrected chi connectivity index (χ1v) is 10.5. The Morgan fingerprint density at radius 3 is 2.84 bits per heavy atom. The van der Waals surface area contributed by atoms with E-state index in [4.69, 9.17) is 17.3 Å². The van der Waals surface area contributed by atoms with E-state index in [0.29, 0.717) is 28.3 Å². The summed E-state index contributed by atoms with van der Waals surface area (Å²) in [6.07, 6.45) is 7.82. The van der Waals surface area contributed by atoms with E-state index in [-0.39, 0.29) is 0 Å². The Labute approximate surface area is 184 Å². The molecule has 1 aliphatic rings. The van der Waals surface area contributed by atoms with E-state index in [0.717, 1.165) is 48.3 Å². The van der Waals surface area contributed by atoms with Gasteiger partial charge >= 0.3 is 0 Å². The van der Waals surface area contributed by atoms with Crippen LogP contribution in [-0.4, -0.2) is 48.1 Å². The van der Waals surface area contributed by atoms with Crippen molar-refractivity contribution in [1.82, 2.24) is 40.3 Å². The summed E-state index contributed by atoms with van der Waals surface area (Å²) in [7, 11) is 0. The molecule has 9 nitrogen and oxygen atoms in total. The van der Waals surface area contributed by atoms with Crippen molar-refractivity contribution in [3.05, 3.63) is 53.4 Å². The normalized spacial score (nSPS) is 14.8. The Balaban J connectivity index is 1.53. The fraction of sp³-hybridized carbons (Fsp3) is 0.286. The first kappa shape index (κ1) is 19.7. The number of nitrogens with zero attached hydrogens (tertiary/aromatic N) is 7. The van der Waals surface area contributed by atoms with E-state index in [9.17, 15) is 0 Å². The van der Waals surface area contributed by atoms with Crippen molar-refractivity contribution in [3.63, 3.8) is 0 Å². The number of benzene rings is 1. The van der Waals surface area contributed by atoms with Gasteiger partial charge < -0.3 is 11.1 Å². The summed E-state index contributed by atoms with van der Waals surface area (Å²) in [5, 5.41) is 20.9. The fourth-order valence-electron chi connectivity index (χ4n) is 3.91. The fourth-order valence-corrected chi connectivity index (χ4v) is 4.08. The van der Waals surface area contributed by atoms with Crippen LogP contribution in [0.2, 0.25) is 5.02 Å². The van der Waals surface area contributed by atoms with Gasteiger partial charge in [-0.25, -0.2) is 4.98 Å². The lowest BCUT2D eigenvalue weighted by atomic mass is 10.1. The van der Waals surface area contributed by atoms with Crippen LogP contribution in [0.15, 0.2) is 42.9 Å². The number of anilines is 1. The number of nitrogens with two attached hydrogens (primary N) is 1. The van der Waals surface area contributed by atoms with Crippen LogP contribution in [0.25, 0.3) is 28.2 Å². The van der Waals surface area contributed by atoms with Crippen molar-refractivity contribution in [2.75, 3.05) is 18.8 Å². The molecule has 1 saturated heterocycles. The average molecular weight is 436 g/mol. The first-order chi connectivity index (χ1) is 15.1. The third kappa shape index (κ3) is 3.66. The maximum atomic E-state index is 6.30. The monoisotopic (exact) mass is 435 g/mol. The average Bonchev–Trinajstić information content (AvgIpc) is 3.47. The first-order valence-electron chi connectivity index (χ1n) is 10.2. The summed E-state index contributed by atoms with van der Waals surface area (Å²) in [5.41, 5.74) is 10.4. The lowest BCUT2D eigenvalue weighted by molar-refractivity contribution is 0.343. The van der Waals surface area contributed by atoms with Crippen molar-refractivity contribution in [1.29, 1.82) is 0 Å². The molecule has 1 fully saturated rings. The standard InChI is InChI=1S/C21H22ClN9/c1-13-18(22)3-2-4-19(13)31-21(27-28-29-31)17-9-14(10-25-20(17)23)15-11-26-30(12-15)16-5-7-24-8-6-16/h2-4,9-12,16,24H,5-8H2,1H3,(H2,23,25).